The number of nitrogens with one attached hydrogen (secondary N) is 1. The van der Waals surface area contributed by atoms with Crippen LogP contribution >= 0.6 is 11.3 Å². The Balaban J connectivity index is 1.89. The van der Waals surface area contributed by atoms with Crippen LogP contribution in [0.2, 0.25) is 0 Å². The second-order valence-electron chi connectivity index (χ2n) is 4.74. The Bertz CT molecular complexity index is 848. The highest BCUT2D eigenvalue weighted by molar-refractivity contribution is 7.16. The lowest BCUT2D eigenvalue weighted by atomic mass is 10.2. The average Bonchev–Trinajstić information content (AvgIpc) is 3.02. The number of thiophene rings is 1. The lowest BCUT2D eigenvalue weighted by molar-refractivity contribution is -0.385. The zero-order chi connectivity index (χ0) is 18.4. The summed E-state index contributed by atoms with van der Waals surface area (Å²) in [6.07, 6.45) is 1.25. The van der Waals surface area contributed by atoms with E-state index in [1.807, 2.05) is 0 Å². The number of hydrazone groups is 1. The molecule has 0 saturated heterocycles. The van der Waals surface area contributed by atoms with E-state index in [4.69, 9.17) is 4.74 Å². The third kappa shape index (κ3) is 5.07. The highest BCUT2D eigenvalue weighted by Crippen LogP contribution is 2.27. The summed E-state index contributed by atoms with van der Waals surface area (Å²) in [5, 5.41) is 25.1. The summed E-state index contributed by atoms with van der Waals surface area (Å²) in [7, 11) is 0. The van der Waals surface area contributed by atoms with Gasteiger partial charge in [0, 0.05) is 12.1 Å². The average molecular weight is 364 g/mol. The molecule has 0 aliphatic carbocycles. The van der Waals surface area contributed by atoms with Gasteiger partial charge in [-0.25, -0.2) is 5.43 Å². The van der Waals surface area contributed by atoms with Gasteiger partial charge in [0.1, 0.15) is 0 Å². The van der Waals surface area contributed by atoms with Crippen LogP contribution in [0.5, 0.6) is 5.75 Å². The van der Waals surface area contributed by atoms with Crippen molar-refractivity contribution in [2.24, 2.45) is 5.10 Å². The second kappa shape index (κ2) is 7.97. The summed E-state index contributed by atoms with van der Waals surface area (Å²) >= 11 is 0.903. The Kier molecular flexibility index (Phi) is 5.74. The fraction of sp³-hybridized carbons (Fsp3) is 0.143. The van der Waals surface area contributed by atoms with Crippen LogP contribution in [-0.2, 0) is 4.79 Å². The molecule has 1 amide bonds. The summed E-state index contributed by atoms with van der Waals surface area (Å²) in [4.78, 5) is 32.5. The molecule has 1 aromatic heterocycles. The molecule has 0 aliphatic rings. The predicted octanol–water partition coefficient (Wildman–Crippen LogP) is 2.40. The minimum absolute atomic E-state index is 0.0244. The number of hydrogen-bond acceptors (Lipinski definition) is 8. The van der Waals surface area contributed by atoms with Crippen molar-refractivity contribution in [1.82, 2.24) is 5.43 Å². The molecule has 0 radical (unpaired) electrons. The van der Waals surface area contributed by atoms with Crippen molar-refractivity contribution in [2.75, 3.05) is 6.61 Å². The molecule has 0 unspecified atom stereocenters. The summed E-state index contributed by atoms with van der Waals surface area (Å²) in [5.41, 5.74) is 2.63. The second-order valence-corrected chi connectivity index (χ2v) is 5.84. The summed E-state index contributed by atoms with van der Waals surface area (Å²) in [6.45, 7) is 1.24. The number of aryl methyl sites for hydroxylation is 1. The normalized spacial score (nSPS) is 10.6. The molecule has 2 rings (SSSR count). The zero-order valence-corrected chi connectivity index (χ0v) is 13.7. The van der Waals surface area contributed by atoms with Gasteiger partial charge in [0.05, 0.1) is 20.9 Å². The van der Waals surface area contributed by atoms with Gasteiger partial charge in [-0.2, -0.15) is 5.10 Å². The van der Waals surface area contributed by atoms with Crippen LogP contribution in [0, 0.1) is 27.2 Å². The first kappa shape index (κ1) is 18.0. The highest BCUT2D eigenvalue weighted by atomic mass is 32.1. The van der Waals surface area contributed by atoms with E-state index in [1.165, 1.54) is 30.5 Å². The zero-order valence-electron chi connectivity index (χ0n) is 12.9. The third-order valence-electron chi connectivity index (χ3n) is 2.84. The molecule has 11 heteroatoms. The fourth-order valence-corrected chi connectivity index (χ4v) is 2.44. The van der Waals surface area contributed by atoms with E-state index < -0.39 is 22.4 Å². The third-order valence-corrected chi connectivity index (χ3v) is 3.81. The van der Waals surface area contributed by atoms with Gasteiger partial charge >= 0.3 is 10.7 Å². The number of amides is 1. The van der Waals surface area contributed by atoms with Crippen LogP contribution in [0.25, 0.3) is 0 Å². The number of carbonyl (C=O) groups excluding carboxylic acids is 1. The van der Waals surface area contributed by atoms with Crippen LogP contribution in [0.15, 0.2) is 35.4 Å². The minimum atomic E-state index is -0.628. The topological polar surface area (TPSA) is 137 Å². The smallest absolute Gasteiger partial charge is 0.324 e. The van der Waals surface area contributed by atoms with Gasteiger partial charge in [-0.1, -0.05) is 17.4 Å². The van der Waals surface area contributed by atoms with Crippen molar-refractivity contribution in [2.45, 2.75) is 6.92 Å². The van der Waals surface area contributed by atoms with E-state index in [9.17, 15) is 25.0 Å². The molecule has 1 heterocycles. The van der Waals surface area contributed by atoms with Crippen molar-refractivity contribution < 1.29 is 19.4 Å². The van der Waals surface area contributed by atoms with Gasteiger partial charge < -0.3 is 4.74 Å². The molecule has 10 nitrogen and oxygen atoms in total. The maximum absolute atomic E-state index is 11.6. The van der Waals surface area contributed by atoms with E-state index in [1.54, 1.807) is 13.0 Å². The maximum atomic E-state index is 11.6. The first-order chi connectivity index (χ1) is 11.9. The number of nitro groups is 2. The van der Waals surface area contributed by atoms with Crippen LogP contribution in [-0.4, -0.2) is 28.6 Å². The number of hydrogen-bond donors (Lipinski definition) is 1. The fourth-order valence-electron chi connectivity index (χ4n) is 1.75. The molecule has 1 aromatic carbocycles. The maximum Gasteiger partial charge on any atom is 0.324 e. The van der Waals surface area contributed by atoms with Gasteiger partial charge in [0.2, 0.25) is 0 Å². The summed E-state index contributed by atoms with van der Waals surface area (Å²) < 4.78 is 5.14. The largest absolute Gasteiger partial charge is 0.477 e. The van der Waals surface area contributed by atoms with Crippen molar-refractivity contribution in [3.8, 4) is 5.75 Å². The molecular weight excluding hydrogens is 352 g/mol. The lowest BCUT2D eigenvalue weighted by Gasteiger charge is -2.06. The number of nitrogens with zero attached hydrogens (tertiary/aromatic N) is 3. The Morgan fingerprint density at radius 1 is 1.28 bits per heavy atom. The van der Waals surface area contributed by atoms with Gasteiger partial charge in [-0.3, -0.25) is 25.0 Å². The van der Waals surface area contributed by atoms with Crippen LogP contribution < -0.4 is 10.2 Å². The Morgan fingerprint density at radius 2 is 2.04 bits per heavy atom. The SMILES string of the molecule is Cc1ccc(OCC(=O)NN=Cc2ccc([N+](=O)[O-])s2)c([N+](=O)[O-])c1. The predicted molar refractivity (Wildman–Crippen MR) is 90.0 cm³/mol. The molecule has 0 saturated carbocycles. The molecule has 0 spiro atoms. The molecule has 0 fully saturated rings. The van der Waals surface area contributed by atoms with E-state index >= 15 is 0 Å². The number of ether oxygens (including phenoxy) is 1. The van der Waals surface area contributed by atoms with Gasteiger partial charge in [0.15, 0.2) is 12.4 Å². The molecule has 0 atom stereocenters. The first-order valence-electron chi connectivity index (χ1n) is 6.81. The molecule has 0 bridgehead atoms. The van der Waals surface area contributed by atoms with Crippen molar-refractivity contribution >= 4 is 34.1 Å². The standard InChI is InChI=1S/C14H12N4O6S/c1-9-2-4-12(11(6-9)17(20)21)24-8-13(19)16-15-7-10-3-5-14(25-10)18(22)23/h2-7H,8H2,1H3,(H,16,19). The van der Waals surface area contributed by atoms with Crippen LogP contribution in [0.3, 0.4) is 0 Å². The summed E-state index contributed by atoms with van der Waals surface area (Å²) in [6, 6.07) is 7.20. The van der Waals surface area contributed by atoms with Crippen LogP contribution in [0.4, 0.5) is 10.7 Å². The number of carbonyl (C=O) groups is 1. The highest BCUT2D eigenvalue weighted by Gasteiger charge is 2.16. The van der Waals surface area contributed by atoms with E-state index in [0.717, 1.165) is 11.3 Å². The minimum Gasteiger partial charge on any atom is -0.477 e. The Morgan fingerprint density at radius 3 is 2.68 bits per heavy atom. The number of nitro benzene ring substituents is 1. The van der Waals surface area contributed by atoms with Crippen molar-refractivity contribution in [3.63, 3.8) is 0 Å². The van der Waals surface area contributed by atoms with Crippen LogP contribution in [0.1, 0.15) is 10.4 Å². The van der Waals surface area contributed by atoms with E-state index in [-0.39, 0.29) is 16.4 Å². The molecule has 25 heavy (non-hydrogen) atoms. The van der Waals surface area contributed by atoms with Gasteiger partial charge in [-0.15, -0.1) is 0 Å². The molecule has 2 aromatic rings. The van der Waals surface area contributed by atoms with E-state index in [0.29, 0.717) is 10.4 Å². The quantitative estimate of drug-likeness (QED) is 0.455. The Hall–Kier alpha value is -3.34. The molecule has 0 aliphatic heterocycles. The van der Waals surface area contributed by atoms with Gasteiger partial charge in [0.25, 0.3) is 5.91 Å². The number of benzene rings is 1. The monoisotopic (exact) mass is 364 g/mol. The lowest BCUT2D eigenvalue weighted by Crippen LogP contribution is -2.24. The molecular formula is C14H12N4O6S. The van der Waals surface area contributed by atoms with Crippen molar-refractivity contribution in [3.05, 3.63) is 61.0 Å². The summed E-state index contributed by atoms with van der Waals surface area (Å²) in [5.74, 6) is -0.652. The first-order valence-corrected chi connectivity index (χ1v) is 7.62. The number of rotatable bonds is 7. The Labute approximate surface area is 145 Å². The molecule has 1 N–H and O–H groups in total. The molecule has 130 valence electrons. The van der Waals surface area contributed by atoms with Crippen molar-refractivity contribution in [1.29, 1.82) is 0 Å². The van der Waals surface area contributed by atoms with E-state index in [2.05, 4.69) is 10.5 Å². The van der Waals surface area contributed by atoms with Gasteiger partial charge in [-0.05, 0) is 24.6 Å².